The van der Waals surface area contributed by atoms with E-state index < -0.39 is 0 Å². The first-order valence-corrected chi connectivity index (χ1v) is 6.25. The zero-order valence-electron chi connectivity index (χ0n) is 9.51. The Morgan fingerprint density at radius 3 is 2.71 bits per heavy atom. The van der Waals surface area contributed by atoms with Crippen LogP contribution in [0.1, 0.15) is 28.2 Å². The highest BCUT2D eigenvalue weighted by atomic mass is 32.1. The highest BCUT2D eigenvalue weighted by Gasteiger charge is 2.13. The topological polar surface area (TPSA) is 55.1 Å². The molecule has 3 nitrogen and oxygen atoms in total. The summed E-state index contributed by atoms with van der Waals surface area (Å²) in [5, 5.41) is 4.93. The second-order valence-corrected chi connectivity index (χ2v) is 4.78. The number of carbonyl (C=O) groups excluding carboxylic acids is 1. The number of carbonyl (C=O) groups is 1. The van der Waals surface area contributed by atoms with E-state index in [1.165, 1.54) is 0 Å². The van der Waals surface area contributed by atoms with E-state index in [2.05, 4.69) is 5.32 Å². The largest absolute Gasteiger partial charge is 0.398 e. The number of nitrogens with two attached hydrogens (primary N) is 1. The molecule has 1 aromatic carbocycles. The molecular formula is C13H14N2OS. The van der Waals surface area contributed by atoms with E-state index in [9.17, 15) is 4.79 Å². The summed E-state index contributed by atoms with van der Waals surface area (Å²) in [6.07, 6.45) is 0. The highest BCUT2D eigenvalue weighted by molar-refractivity contribution is 7.10. The molecule has 0 aliphatic rings. The first-order valence-electron chi connectivity index (χ1n) is 5.37. The van der Waals surface area contributed by atoms with Crippen molar-refractivity contribution in [3.8, 4) is 0 Å². The molecule has 2 rings (SSSR count). The van der Waals surface area contributed by atoms with Crippen molar-refractivity contribution in [3.63, 3.8) is 0 Å². The molecule has 4 heteroatoms. The summed E-state index contributed by atoms with van der Waals surface area (Å²) in [6, 6.07) is 11.1. The lowest BCUT2D eigenvalue weighted by molar-refractivity contribution is 0.0941. The molecule has 17 heavy (non-hydrogen) atoms. The van der Waals surface area contributed by atoms with Gasteiger partial charge in [0.25, 0.3) is 5.91 Å². The van der Waals surface area contributed by atoms with E-state index in [1.54, 1.807) is 29.5 Å². The van der Waals surface area contributed by atoms with Crippen LogP contribution in [-0.4, -0.2) is 5.91 Å². The van der Waals surface area contributed by atoms with Gasteiger partial charge in [0.05, 0.1) is 11.6 Å². The summed E-state index contributed by atoms with van der Waals surface area (Å²) in [5.41, 5.74) is 6.78. The third-order valence-corrected chi connectivity index (χ3v) is 3.58. The Bertz CT molecular complexity index is 508. The fraction of sp³-hybridized carbons (Fsp3) is 0.154. The lowest BCUT2D eigenvalue weighted by Gasteiger charge is -2.13. The van der Waals surface area contributed by atoms with Gasteiger partial charge in [-0.05, 0) is 30.5 Å². The average molecular weight is 246 g/mol. The number of anilines is 1. The summed E-state index contributed by atoms with van der Waals surface area (Å²) < 4.78 is 0. The highest BCUT2D eigenvalue weighted by Crippen LogP contribution is 2.19. The van der Waals surface area contributed by atoms with Crippen molar-refractivity contribution in [1.29, 1.82) is 0 Å². The van der Waals surface area contributed by atoms with Crippen molar-refractivity contribution >= 4 is 22.9 Å². The van der Waals surface area contributed by atoms with Gasteiger partial charge in [0, 0.05) is 10.6 Å². The van der Waals surface area contributed by atoms with Crippen LogP contribution in [-0.2, 0) is 0 Å². The second-order valence-electron chi connectivity index (χ2n) is 3.80. The number of nitrogen functional groups attached to an aromatic ring is 1. The van der Waals surface area contributed by atoms with Gasteiger partial charge in [-0.3, -0.25) is 4.79 Å². The van der Waals surface area contributed by atoms with Crippen LogP contribution in [0.5, 0.6) is 0 Å². The monoisotopic (exact) mass is 246 g/mol. The van der Waals surface area contributed by atoms with E-state index >= 15 is 0 Å². The van der Waals surface area contributed by atoms with E-state index in [4.69, 9.17) is 5.73 Å². The Morgan fingerprint density at radius 2 is 2.06 bits per heavy atom. The van der Waals surface area contributed by atoms with Crippen LogP contribution in [0.4, 0.5) is 5.69 Å². The maximum absolute atomic E-state index is 12.0. The maximum atomic E-state index is 12.0. The van der Waals surface area contributed by atoms with Crippen LogP contribution in [0.2, 0.25) is 0 Å². The van der Waals surface area contributed by atoms with Crippen molar-refractivity contribution in [3.05, 3.63) is 52.2 Å². The molecule has 0 saturated heterocycles. The number of thiophene rings is 1. The predicted octanol–water partition coefficient (Wildman–Crippen LogP) is 2.82. The first kappa shape index (κ1) is 11.7. The van der Waals surface area contributed by atoms with Gasteiger partial charge in [-0.15, -0.1) is 11.3 Å². The van der Waals surface area contributed by atoms with Gasteiger partial charge >= 0.3 is 0 Å². The van der Waals surface area contributed by atoms with E-state index in [0.717, 1.165) is 4.88 Å². The van der Waals surface area contributed by atoms with Crippen molar-refractivity contribution in [2.24, 2.45) is 0 Å². The van der Waals surface area contributed by atoms with E-state index in [-0.39, 0.29) is 11.9 Å². The third kappa shape index (κ3) is 2.65. The van der Waals surface area contributed by atoms with Crippen LogP contribution in [0.15, 0.2) is 41.8 Å². The molecule has 1 amide bonds. The number of nitrogens with one attached hydrogen (secondary N) is 1. The molecule has 0 bridgehead atoms. The van der Waals surface area contributed by atoms with Gasteiger partial charge < -0.3 is 11.1 Å². The summed E-state index contributed by atoms with van der Waals surface area (Å²) in [4.78, 5) is 13.1. The maximum Gasteiger partial charge on any atom is 0.253 e. The quantitative estimate of drug-likeness (QED) is 0.818. The summed E-state index contributed by atoms with van der Waals surface area (Å²) in [7, 11) is 0. The van der Waals surface area contributed by atoms with Crippen molar-refractivity contribution in [1.82, 2.24) is 5.32 Å². The minimum atomic E-state index is -0.135. The molecule has 1 aromatic heterocycles. The minimum Gasteiger partial charge on any atom is -0.398 e. The van der Waals surface area contributed by atoms with Gasteiger partial charge in [0.15, 0.2) is 0 Å². The van der Waals surface area contributed by atoms with Crippen LogP contribution in [0.25, 0.3) is 0 Å². The summed E-state index contributed by atoms with van der Waals surface area (Å²) in [6.45, 7) is 1.96. The standard InChI is InChI=1S/C13H14N2OS/c1-9(12-7-4-8-17-12)15-13(16)10-5-2-3-6-11(10)14/h2-9H,14H2,1H3,(H,15,16). The number of hydrogen-bond acceptors (Lipinski definition) is 3. The Kier molecular flexibility index (Phi) is 3.44. The summed E-state index contributed by atoms with van der Waals surface area (Å²) >= 11 is 1.63. The number of hydrogen-bond donors (Lipinski definition) is 2. The number of rotatable bonds is 3. The van der Waals surface area contributed by atoms with Crippen molar-refractivity contribution in [2.45, 2.75) is 13.0 Å². The molecular weight excluding hydrogens is 232 g/mol. The van der Waals surface area contributed by atoms with Crippen LogP contribution in [0, 0.1) is 0 Å². The van der Waals surface area contributed by atoms with E-state index in [0.29, 0.717) is 11.3 Å². The fourth-order valence-corrected chi connectivity index (χ4v) is 2.32. The van der Waals surface area contributed by atoms with Crippen LogP contribution in [0.3, 0.4) is 0 Å². The number of benzene rings is 1. The zero-order chi connectivity index (χ0) is 12.3. The third-order valence-electron chi connectivity index (χ3n) is 2.52. The molecule has 1 heterocycles. The van der Waals surface area contributed by atoms with Gasteiger partial charge in [0.2, 0.25) is 0 Å². The SMILES string of the molecule is CC(NC(=O)c1ccccc1N)c1cccs1. The summed E-state index contributed by atoms with van der Waals surface area (Å²) in [5.74, 6) is -0.135. The van der Waals surface area contributed by atoms with E-state index in [1.807, 2.05) is 30.5 Å². The molecule has 0 aliphatic carbocycles. The Balaban J connectivity index is 2.10. The minimum absolute atomic E-state index is 0.00195. The smallest absolute Gasteiger partial charge is 0.253 e. The van der Waals surface area contributed by atoms with Gasteiger partial charge in [-0.25, -0.2) is 0 Å². The second kappa shape index (κ2) is 5.01. The van der Waals surface area contributed by atoms with Crippen LogP contribution < -0.4 is 11.1 Å². The van der Waals surface area contributed by atoms with Crippen molar-refractivity contribution in [2.75, 3.05) is 5.73 Å². The van der Waals surface area contributed by atoms with Gasteiger partial charge in [-0.2, -0.15) is 0 Å². The molecule has 2 aromatic rings. The molecule has 3 N–H and O–H groups in total. The molecule has 1 atom stereocenters. The predicted molar refractivity (Wildman–Crippen MR) is 71.1 cm³/mol. The normalized spacial score (nSPS) is 12.1. The molecule has 0 saturated carbocycles. The fourth-order valence-electron chi connectivity index (χ4n) is 1.59. The molecule has 0 spiro atoms. The molecule has 1 unspecified atom stereocenters. The lowest BCUT2D eigenvalue weighted by Crippen LogP contribution is -2.26. The molecule has 0 aliphatic heterocycles. The molecule has 88 valence electrons. The Labute approximate surface area is 104 Å². The Morgan fingerprint density at radius 1 is 1.29 bits per heavy atom. The lowest BCUT2D eigenvalue weighted by atomic mass is 10.1. The molecule has 0 radical (unpaired) electrons. The first-order chi connectivity index (χ1) is 8.18. The Hall–Kier alpha value is -1.81. The van der Waals surface area contributed by atoms with Gasteiger partial charge in [-0.1, -0.05) is 18.2 Å². The van der Waals surface area contributed by atoms with Crippen molar-refractivity contribution < 1.29 is 4.79 Å². The average Bonchev–Trinajstić information content (AvgIpc) is 2.82. The van der Waals surface area contributed by atoms with Gasteiger partial charge in [0.1, 0.15) is 0 Å². The number of amides is 1. The van der Waals surface area contributed by atoms with Crippen LogP contribution >= 0.6 is 11.3 Å². The molecule has 0 fully saturated rings. The zero-order valence-corrected chi connectivity index (χ0v) is 10.3. The number of para-hydroxylation sites is 1.